The van der Waals surface area contributed by atoms with Crippen molar-refractivity contribution < 1.29 is 23.6 Å². The van der Waals surface area contributed by atoms with Crippen molar-refractivity contribution in [2.45, 2.75) is 52.4 Å². The van der Waals surface area contributed by atoms with Crippen molar-refractivity contribution in [1.82, 2.24) is 5.32 Å². The summed E-state index contributed by atoms with van der Waals surface area (Å²) in [6.45, 7) is 10.2. The van der Waals surface area contributed by atoms with Gasteiger partial charge < -0.3 is 19.4 Å². The van der Waals surface area contributed by atoms with Crippen molar-refractivity contribution in [3.8, 4) is 0 Å². The van der Waals surface area contributed by atoms with Crippen molar-refractivity contribution in [3.05, 3.63) is 76.3 Å². The van der Waals surface area contributed by atoms with Gasteiger partial charge in [-0.2, -0.15) is 0 Å². The van der Waals surface area contributed by atoms with E-state index >= 15 is 0 Å². The van der Waals surface area contributed by atoms with Crippen LogP contribution in [0.1, 0.15) is 54.7 Å². The van der Waals surface area contributed by atoms with Crippen LogP contribution < -0.4 is 5.32 Å². The monoisotopic (exact) mass is 435 g/mol. The molecule has 6 nitrogen and oxygen atoms in total. The molecule has 1 N–H and O–H groups in total. The Morgan fingerprint density at radius 3 is 2.31 bits per heavy atom. The maximum atomic E-state index is 12.3. The third kappa shape index (κ3) is 5.66. The molecule has 1 saturated heterocycles. The molecule has 0 atom stereocenters. The molecule has 0 aliphatic carbocycles. The van der Waals surface area contributed by atoms with Crippen LogP contribution in [0.2, 0.25) is 0 Å². The number of aryl methyl sites for hydroxylation is 1. The summed E-state index contributed by atoms with van der Waals surface area (Å²) in [5, 5.41) is 2.78. The van der Waals surface area contributed by atoms with Crippen LogP contribution in [0.25, 0.3) is 6.08 Å². The molecule has 0 spiro atoms. The summed E-state index contributed by atoms with van der Waals surface area (Å²) in [6.07, 6.45) is 2.11. The molecule has 0 unspecified atom stereocenters. The number of ether oxygens (including phenoxy) is 1. The van der Waals surface area contributed by atoms with Crippen LogP contribution in [0.3, 0.4) is 0 Å². The lowest BCUT2D eigenvalue weighted by Crippen LogP contribution is -2.41. The first-order valence-corrected chi connectivity index (χ1v) is 10.7. The highest BCUT2D eigenvalue weighted by molar-refractivity contribution is 6.56. The second-order valence-corrected chi connectivity index (χ2v) is 8.97. The fraction of sp³-hybridized carbons (Fsp3) is 0.360. The van der Waals surface area contributed by atoms with Crippen molar-refractivity contribution in [1.29, 1.82) is 0 Å². The van der Waals surface area contributed by atoms with Crippen molar-refractivity contribution >= 4 is 25.6 Å². The average molecular weight is 435 g/mol. The number of amides is 1. The topological polar surface area (TPSA) is 73.9 Å². The van der Waals surface area contributed by atoms with Crippen molar-refractivity contribution in [2.24, 2.45) is 0 Å². The number of benzene rings is 2. The predicted octanol–water partition coefficient (Wildman–Crippen LogP) is 4.75. The van der Waals surface area contributed by atoms with E-state index in [0.29, 0.717) is 11.0 Å². The number of hydrogen-bond donors (Lipinski definition) is 1. The number of nitrogens with one attached hydrogen (secondary N) is 1. The van der Waals surface area contributed by atoms with Gasteiger partial charge in [-0.3, -0.25) is 4.79 Å². The van der Waals surface area contributed by atoms with Crippen LogP contribution in [0.5, 0.6) is 0 Å². The molecular formula is C25H30BNO5. The van der Waals surface area contributed by atoms with Gasteiger partial charge in [-0.25, -0.2) is 4.79 Å². The minimum atomic E-state index is -0.672. The van der Waals surface area contributed by atoms with Crippen LogP contribution in [-0.2, 0) is 20.7 Å². The number of rotatable bonds is 7. The van der Waals surface area contributed by atoms with E-state index in [1.165, 1.54) is 0 Å². The largest absolute Gasteiger partial charge is 0.492 e. The van der Waals surface area contributed by atoms with Gasteiger partial charge in [0.1, 0.15) is 6.61 Å². The molecule has 0 saturated carbocycles. The van der Waals surface area contributed by atoms with Gasteiger partial charge in [0.15, 0.2) is 6.29 Å². The maximum absolute atomic E-state index is 12.3. The van der Waals surface area contributed by atoms with Gasteiger partial charge in [0.05, 0.1) is 11.2 Å². The Labute approximate surface area is 190 Å². The molecule has 2 aromatic carbocycles. The first kappa shape index (κ1) is 23.8. The summed E-state index contributed by atoms with van der Waals surface area (Å²) in [5.74, 6) is 0. The van der Waals surface area contributed by atoms with Gasteiger partial charge in [0, 0.05) is 12.1 Å². The molecule has 1 amide bonds. The van der Waals surface area contributed by atoms with Crippen molar-refractivity contribution in [2.75, 3.05) is 6.54 Å². The van der Waals surface area contributed by atoms with Gasteiger partial charge in [-0.15, -0.1) is 0 Å². The highest BCUT2D eigenvalue weighted by atomic mass is 16.7. The molecule has 0 radical (unpaired) electrons. The van der Waals surface area contributed by atoms with Crippen LogP contribution in [-0.4, -0.2) is 37.2 Å². The molecule has 7 heteroatoms. The number of aldehydes is 1. The highest BCUT2D eigenvalue weighted by Crippen LogP contribution is 2.38. The van der Waals surface area contributed by atoms with Crippen LogP contribution in [0, 0.1) is 6.92 Å². The molecule has 0 aromatic heterocycles. The zero-order valence-corrected chi connectivity index (χ0v) is 19.3. The summed E-state index contributed by atoms with van der Waals surface area (Å²) >= 11 is 0. The first-order valence-electron chi connectivity index (χ1n) is 10.7. The number of carbonyl (C=O) groups excluding carboxylic acids is 2. The van der Waals surface area contributed by atoms with E-state index < -0.39 is 24.4 Å². The van der Waals surface area contributed by atoms with Gasteiger partial charge in [-0.1, -0.05) is 60.2 Å². The Morgan fingerprint density at radius 2 is 1.69 bits per heavy atom. The normalized spacial score (nSPS) is 17.2. The molecule has 1 heterocycles. The zero-order chi connectivity index (χ0) is 23.4. The maximum Gasteiger partial charge on any atom is 0.492 e. The van der Waals surface area contributed by atoms with Gasteiger partial charge in [0.25, 0.3) is 0 Å². The smallest absolute Gasteiger partial charge is 0.445 e. The van der Waals surface area contributed by atoms with E-state index in [-0.39, 0.29) is 13.2 Å². The fourth-order valence-electron chi connectivity index (χ4n) is 3.27. The second-order valence-electron chi connectivity index (χ2n) is 8.97. The molecule has 2 aromatic rings. The van der Waals surface area contributed by atoms with Gasteiger partial charge >= 0.3 is 13.2 Å². The fourth-order valence-corrected chi connectivity index (χ4v) is 3.27. The third-order valence-electron chi connectivity index (χ3n) is 5.92. The molecule has 168 valence electrons. The Balaban J connectivity index is 1.79. The van der Waals surface area contributed by atoms with E-state index in [4.69, 9.17) is 14.0 Å². The van der Waals surface area contributed by atoms with E-state index in [1.807, 2.05) is 83.2 Å². The molecule has 1 aliphatic rings. The molecule has 1 aliphatic heterocycles. The molecule has 3 rings (SSSR count). The first-order chi connectivity index (χ1) is 15.1. The zero-order valence-electron chi connectivity index (χ0n) is 19.3. The summed E-state index contributed by atoms with van der Waals surface area (Å²) in [6, 6.07) is 15.0. The highest BCUT2D eigenvalue weighted by Gasteiger charge is 2.52. The van der Waals surface area contributed by atoms with Crippen LogP contribution in [0.15, 0.2) is 54.0 Å². The molecular weight excluding hydrogens is 405 g/mol. The third-order valence-corrected chi connectivity index (χ3v) is 5.92. The number of hydrogen-bond acceptors (Lipinski definition) is 5. The quantitative estimate of drug-likeness (QED) is 0.502. The second kappa shape index (κ2) is 9.71. The molecule has 32 heavy (non-hydrogen) atoms. The Bertz CT molecular complexity index is 985. The van der Waals surface area contributed by atoms with Crippen LogP contribution in [0.4, 0.5) is 4.79 Å². The lowest BCUT2D eigenvalue weighted by atomic mass is 9.76. The minimum absolute atomic E-state index is 0.149. The SMILES string of the molecule is Cc1ccc(C=O)c(C=C(CNC(=O)OCc2ccccc2)B2OC(C)(C)C(C)(C)O2)c1. The summed E-state index contributed by atoms with van der Waals surface area (Å²) in [4.78, 5) is 23.9. The standard InChI is InChI=1S/C25H30BNO5/c1-18-11-12-20(16-28)21(13-18)14-22(26-31-24(2,3)25(4,5)32-26)15-27-23(29)30-17-19-9-7-6-8-10-19/h6-14,16H,15,17H2,1-5H3,(H,27,29). The average Bonchev–Trinajstić information content (AvgIpc) is 2.97. The summed E-state index contributed by atoms with van der Waals surface area (Å²) in [7, 11) is -0.672. The van der Waals surface area contributed by atoms with Crippen LogP contribution >= 0.6 is 0 Å². The summed E-state index contributed by atoms with van der Waals surface area (Å²) < 4.78 is 17.7. The lowest BCUT2D eigenvalue weighted by Gasteiger charge is -2.32. The predicted molar refractivity (Wildman–Crippen MR) is 125 cm³/mol. The van der Waals surface area contributed by atoms with Crippen molar-refractivity contribution in [3.63, 3.8) is 0 Å². The number of carbonyl (C=O) groups is 2. The number of alkyl carbamates (subject to hydrolysis) is 1. The van der Waals surface area contributed by atoms with E-state index in [1.54, 1.807) is 6.07 Å². The Kier molecular flexibility index (Phi) is 7.21. The van der Waals surface area contributed by atoms with E-state index in [0.717, 1.165) is 23.0 Å². The minimum Gasteiger partial charge on any atom is -0.445 e. The Hall–Kier alpha value is -2.90. The molecule has 0 bridgehead atoms. The molecule has 1 fully saturated rings. The van der Waals surface area contributed by atoms with E-state index in [9.17, 15) is 9.59 Å². The van der Waals surface area contributed by atoms with Gasteiger partial charge in [0.2, 0.25) is 0 Å². The lowest BCUT2D eigenvalue weighted by molar-refractivity contribution is 0.00578. The van der Waals surface area contributed by atoms with E-state index in [2.05, 4.69) is 5.32 Å². The van der Waals surface area contributed by atoms with Gasteiger partial charge in [-0.05, 0) is 51.2 Å². The Morgan fingerprint density at radius 1 is 1.03 bits per heavy atom. The summed E-state index contributed by atoms with van der Waals surface area (Å²) in [5.41, 5.74) is 2.83.